The minimum atomic E-state index is -0.501. The molecule has 5 nitrogen and oxygen atoms in total. The van der Waals surface area contributed by atoms with Crippen LogP contribution in [0.5, 0.6) is 11.5 Å². The van der Waals surface area contributed by atoms with Gasteiger partial charge in [0.1, 0.15) is 11.5 Å². The van der Waals surface area contributed by atoms with Crippen LogP contribution < -0.4 is 9.47 Å². The summed E-state index contributed by atoms with van der Waals surface area (Å²) in [5, 5.41) is 0. The van der Waals surface area contributed by atoms with Crippen LogP contribution in [0.15, 0.2) is 77.3 Å². The van der Waals surface area contributed by atoms with Crippen molar-refractivity contribution in [3.63, 3.8) is 0 Å². The Kier molecular flexibility index (Phi) is 8.45. The molecular weight excluding hydrogens is 472 g/mol. The first-order chi connectivity index (χ1) is 15.4. The molecule has 3 rings (SSSR count). The summed E-state index contributed by atoms with van der Waals surface area (Å²) < 4.78 is 17.1. The van der Waals surface area contributed by atoms with Gasteiger partial charge in [-0.1, -0.05) is 44.2 Å². The summed E-state index contributed by atoms with van der Waals surface area (Å²) in [7, 11) is 0. The fraction of sp³-hybridized carbons (Fsp3) is 0.231. The van der Waals surface area contributed by atoms with E-state index in [1.165, 1.54) is 0 Å². The average Bonchev–Trinajstić information content (AvgIpc) is 2.79. The van der Waals surface area contributed by atoms with Gasteiger partial charge in [0.15, 0.2) is 0 Å². The van der Waals surface area contributed by atoms with Gasteiger partial charge in [-0.3, -0.25) is 0 Å². The van der Waals surface area contributed by atoms with E-state index in [0.717, 1.165) is 5.56 Å². The maximum Gasteiger partial charge on any atom is 0.343 e. The van der Waals surface area contributed by atoms with E-state index in [1.807, 2.05) is 30.3 Å². The molecule has 0 N–H and O–H groups in total. The maximum absolute atomic E-state index is 12.5. The summed E-state index contributed by atoms with van der Waals surface area (Å²) in [6, 6.07) is 21.2. The molecule has 0 aliphatic rings. The molecule has 0 unspecified atom stereocenters. The van der Waals surface area contributed by atoms with E-state index in [0.29, 0.717) is 52.7 Å². The lowest BCUT2D eigenvalue weighted by atomic mass is 10.2. The number of ether oxygens (including phenoxy) is 3. The van der Waals surface area contributed by atoms with E-state index in [-0.39, 0.29) is 0 Å². The number of carbonyl (C=O) groups excluding carboxylic acids is 2. The molecule has 166 valence electrons. The van der Waals surface area contributed by atoms with Crippen LogP contribution in [0.25, 0.3) is 0 Å². The Balaban J connectivity index is 1.52. The minimum absolute atomic E-state index is 0.297. The van der Waals surface area contributed by atoms with Gasteiger partial charge in [0.2, 0.25) is 0 Å². The lowest BCUT2D eigenvalue weighted by Crippen LogP contribution is -2.10. The van der Waals surface area contributed by atoms with Gasteiger partial charge in [-0.2, -0.15) is 0 Å². The molecule has 0 aliphatic heterocycles. The second kappa shape index (κ2) is 11.5. The normalized spacial score (nSPS) is 10.6. The molecule has 0 spiro atoms. The molecule has 0 amide bonds. The van der Waals surface area contributed by atoms with Crippen molar-refractivity contribution in [1.29, 1.82) is 0 Å². The molecular formula is C26H25BrO5. The molecule has 0 saturated heterocycles. The summed E-state index contributed by atoms with van der Waals surface area (Å²) in [4.78, 5) is 24.7. The van der Waals surface area contributed by atoms with E-state index >= 15 is 0 Å². The third-order valence-electron chi connectivity index (χ3n) is 4.51. The SMILES string of the molecule is CC(C)COc1ccc(C(=O)Oc2ccc(C(=O)OCCc3ccccc3)cc2)cc1Br. The Morgan fingerprint density at radius 2 is 1.56 bits per heavy atom. The standard InChI is InChI=1S/C26H25BrO5/c1-18(2)17-31-24-13-10-21(16-23(24)27)26(29)32-22-11-8-20(9-12-22)25(28)30-15-14-19-6-4-3-5-7-19/h3-13,16,18H,14-15,17H2,1-2H3. The topological polar surface area (TPSA) is 61.8 Å². The Morgan fingerprint density at radius 1 is 0.875 bits per heavy atom. The van der Waals surface area contributed by atoms with Crippen molar-refractivity contribution in [2.45, 2.75) is 20.3 Å². The van der Waals surface area contributed by atoms with Crippen molar-refractivity contribution < 1.29 is 23.8 Å². The summed E-state index contributed by atoms with van der Waals surface area (Å²) in [5.41, 5.74) is 1.89. The van der Waals surface area contributed by atoms with Crippen LogP contribution in [0.4, 0.5) is 0 Å². The molecule has 32 heavy (non-hydrogen) atoms. The number of benzene rings is 3. The maximum atomic E-state index is 12.5. The Hall–Kier alpha value is -3.12. The summed E-state index contributed by atoms with van der Waals surface area (Å²) in [5.74, 6) is 0.493. The van der Waals surface area contributed by atoms with Gasteiger partial charge >= 0.3 is 11.9 Å². The first kappa shape index (κ1) is 23.5. The quantitative estimate of drug-likeness (QED) is 0.264. The van der Waals surface area contributed by atoms with E-state index in [2.05, 4.69) is 29.8 Å². The molecule has 0 aliphatic carbocycles. The first-order valence-corrected chi connectivity index (χ1v) is 11.2. The fourth-order valence-electron chi connectivity index (χ4n) is 2.82. The highest BCUT2D eigenvalue weighted by Gasteiger charge is 2.13. The van der Waals surface area contributed by atoms with Gasteiger partial charge < -0.3 is 14.2 Å². The first-order valence-electron chi connectivity index (χ1n) is 10.4. The van der Waals surface area contributed by atoms with Crippen LogP contribution in [0.1, 0.15) is 40.1 Å². The van der Waals surface area contributed by atoms with Crippen molar-refractivity contribution in [2.75, 3.05) is 13.2 Å². The Bertz CT molecular complexity index is 1050. The number of hydrogen-bond donors (Lipinski definition) is 0. The predicted octanol–water partition coefficient (Wildman–Crippen LogP) is 6.10. The van der Waals surface area contributed by atoms with E-state index in [9.17, 15) is 9.59 Å². The summed E-state index contributed by atoms with van der Waals surface area (Å²) in [6.07, 6.45) is 0.652. The highest BCUT2D eigenvalue weighted by molar-refractivity contribution is 9.10. The van der Waals surface area contributed by atoms with Gasteiger partial charge in [-0.15, -0.1) is 0 Å². The van der Waals surface area contributed by atoms with E-state index in [1.54, 1.807) is 42.5 Å². The molecule has 6 heteroatoms. The summed E-state index contributed by atoms with van der Waals surface area (Å²) >= 11 is 3.43. The van der Waals surface area contributed by atoms with E-state index in [4.69, 9.17) is 14.2 Å². The minimum Gasteiger partial charge on any atom is -0.492 e. The molecule has 0 saturated carbocycles. The highest BCUT2D eigenvalue weighted by atomic mass is 79.9. The third kappa shape index (κ3) is 6.95. The smallest absolute Gasteiger partial charge is 0.343 e. The number of rotatable bonds is 9. The highest BCUT2D eigenvalue weighted by Crippen LogP contribution is 2.27. The molecule has 3 aromatic carbocycles. The zero-order chi connectivity index (χ0) is 22.9. The molecule has 0 atom stereocenters. The average molecular weight is 497 g/mol. The Morgan fingerprint density at radius 3 is 2.22 bits per heavy atom. The zero-order valence-electron chi connectivity index (χ0n) is 18.0. The van der Waals surface area contributed by atoms with Crippen molar-refractivity contribution in [3.8, 4) is 11.5 Å². The van der Waals surface area contributed by atoms with Crippen LogP contribution in [0, 0.1) is 5.92 Å². The lowest BCUT2D eigenvalue weighted by Gasteiger charge is -2.11. The molecule has 0 heterocycles. The van der Waals surface area contributed by atoms with Crippen LogP contribution >= 0.6 is 15.9 Å². The van der Waals surface area contributed by atoms with Gasteiger partial charge in [0, 0.05) is 6.42 Å². The van der Waals surface area contributed by atoms with E-state index < -0.39 is 11.9 Å². The number of carbonyl (C=O) groups is 2. The molecule has 0 radical (unpaired) electrons. The van der Waals surface area contributed by atoms with Gasteiger partial charge in [0.05, 0.1) is 28.8 Å². The van der Waals surface area contributed by atoms with Crippen LogP contribution in [0.2, 0.25) is 0 Å². The number of esters is 2. The monoisotopic (exact) mass is 496 g/mol. The van der Waals surface area contributed by atoms with Crippen molar-refractivity contribution >= 4 is 27.9 Å². The number of hydrogen-bond acceptors (Lipinski definition) is 5. The van der Waals surface area contributed by atoms with Crippen molar-refractivity contribution in [1.82, 2.24) is 0 Å². The van der Waals surface area contributed by atoms with Gasteiger partial charge in [0.25, 0.3) is 0 Å². The second-order valence-corrected chi connectivity index (χ2v) is 8.49. The largest absolute Gasteiger partial charge is 0.492 e. The summed E-state index contributed by atoms with van der Waals surface area (Å²) in [6.45, 7) is 5.01. The third-order valence-corrected chi connectivity index (χ3v) is 5.13. The van der Waals surface area contributed by atoms with Gasteiger partial charge in [-0.25, -0.2) is 9.59 Å². The predicted molar refractivity (Wildman–Crippen MR) is 126 cm³/mol. The van der Waals surface area contributed by atoms with Crippen LogP contribution in [-0.4, -0.2) is 25.2 Å². The molecule has 0 fully saturated rings. The molecule has 3 aromatic rings. The molecule has 0 aromatic heterocycles. The molecule has 0 bridgehead atoms. The zero-order valence-corrected chi connectivity index (χ0v) is 19.6. The van der Waals surface area contributed by atoms with Crippen molar-refractivity contribution in [2.24, 2.45) is 5.92 Å². The Labute approximate surface area is 196 Å². The lowest BCUT2D eigenvalue weighted by molar-refractivity contribution is 0.0509. The van der Waals surface area contributed by atoms with Crippen molar-refractivity contribution in [3.05, 3.63) is 94.0 Å². The second-order valence-electron chi connectivity index (χ2n) is 7.64. The van der Waals surface area contributed by atoms with Crippen LogP contribution in [-0.2, 0) is 11.2 Å². The number of halogens is 1. The van der Waals surface area contributed by atoms with Crippen LogP contribution in [0.3, 0.4) is 0 Å². The fourth-order valence-corrected chi connectivity index (χ4v) is 3.31. The van der Waals surface area contributed by atoms with Gasteiger partial charge in [-0.05, 0) is 69.9 Å².